The molecular formula is C15H22O2. The van der Waals surface area contributed by atoms with Gasteiger partial charge in [0.25, 0.3) is 0 Å². The van der Waals surface area contributed by atoms with E-state index in [2.05, 4.69) is 39.8 Å². The fourth-order valence-corrected chi connectivity index (χ4v) is 2.32. The lowest BCUT2D eigenvalue weighted by Crippen LogP contribution is -2.10. The summed E-state index contributed by atoms with van der Waals surface area (Å²) < 4.78 is 0. The number of aryl methyl sites for hydroxylation is 1. The van der Waals surface area contributed by atoms with Gasteiger partial charge in [-0.25, -0.2) is 0 Å². The predicted octanol–water partition coefficient (Wildman–Crippen LogP) is 3.91. The summed E-state index contributed by atoms with van der Waals surface area (Å²) >= 11 is 0. The first-order chi connectivity index (χ1) is 7.91. The van der Waals surface area contributed by atoms with Gasteiger partial charge in [-0.3, -0.25) is 4.79 Å². The normalized spacial score (nSPS) is 12.8. The van der Waals surface area contributed by atoms with Gasteiger partial charge in [0, 0.05) is 0 Å². The summed E-state index contributed by atoms with van der Waals surface area (Å²) in [6.45, 7) is 8.44. The number of hydrogen-bond donors (Lipinski definition) is 1. The molecule has 0 aliphatic rings. The zero-order valence-electron chi connectivity index (χ0n) is 11.2. The average Bonchev–Trinajstić information content (AvgIpc) is 2.19. The minimum atomic E-state index is -0.712. The Morgan fingerprint density at radius 1 is 1.29 bits per heavy atom. The molecule has 1 aromatic rings. The lowest BCUT2D eigenvalue weighted by molar-refractivity contribution is -0.137. The molecule has 0 spiro atoms. The second kappa shape index (κ2) is 5.85. The molecule has 0 saturated carbocycles. The molecule has 94 valence electrons. The highest BCUT2D eigenvalue weighted by molar-refractivity contribution is 5.68. The van der Waals surface area contributed by atoms with E-state index in [1.54, 1.807) is 0 Å². The van der Waals surface area contributed by atoms with Gasteiger partial charge >= 0.3 is 5.97 Å². The van der Waals surface area contributed by atoms with Crippen LogP contribution in [0.2, 0.25) is 0 Å². The summed E-state index contributed by atoms with van der Waals surface area (Å²) in [6.07, 6.45) is 1.15. The molecule has 0 bridgehead atoms. The summed E-state index contributed by atoms with van der Waals surface area (Å²) in [5, 5.41) is 9.02. The molecule has 1 N–H and O–H groups in total. The molecule has 1 atom stereocenters. The lowest BCUT2D eigenvalue weighted by Gasteiger charge is -2.20. The highest BCUT2D eigenvalue weighted by Crippen LogP contribution is 2.30. The number of aliphatic carboxylic acids is 1. The first kappa shape index (κ1) is 13.8. The molecule has 0 radical (unpaired) electrons. The van der Waals surface area contributed by atoms with Gasteiger partial charge in [-0.2, -0.15) is 0 Å². The van der Waals surface area contributed by atoms with E-state index in [1.807, 2.05) is 6.07 Å². The molecule has 0 aliphatic carbocycles. The van der Waals surface area contributed by atoms with E-state index >= 15 is 0 Å². The second-order valence-electron chi connectivity index (χ2n) is 5.21. The Morgan fingerprint density at radius 2 is 1.94 bits per heavy atom. The van der Waals surface area contributed by atoms with Crippen LogP contribution in [0.4, 0.5) is 0 Å². The Bertz CT molecular complexity index is 394. The summed E-state index contributed by atoms with van der Waals surface area (Å²) in [7, 11) is 0. The molecule has 0 aliphatic heterocycles. The molecule has 0 heterocycles. The van der Waals surface area contributed by atoms with Crippen molar-refractivity contribution in [1.82, 2.24) is 0 Å². The van der Waals surface area contributed by atoms with E-state index in [4.69, 9.17) is 5.11 Å². The SMILES string of the molecule is Cc1cccc(C(CC(=O)O)CC(C)C)c1C. The van der Waals surface area contributed by atoms with Crippen LogP contribution in [0.5, 0.6) is 0 Å². The summed E-state index contributed by atoms with van der Waals surface area (Å²) in [5.74, 6) is -0.0665. The van der Waals surface area contributed by atoms with Crippen molar-refractivity contribution >= 4 is 5.97 Å². The molecule has 2 heteroatoms. The molecule has 17 heavy (non-hydrogen) atoms. The first-order valence-corrected chi connectivity index (χ1v) is 6.19. The monoisotopic (exact) mass is 234 g/mol. The van der Waals surface area contributed by atoms with Gasteiger partial charge in [-0.15, -0.1) is 0 Å². The second-order valence-corrected chi connectivity index (χ2v) is 5.21. The zero-order chi connectivity index (χ0) is 13.0. The lowest BCUT2D eigenvalue weighted by atomic mass is 9.84. The van der Waals surface area contributed by atoms with Crippen LogP contribution in [-0.4, -0.2) is 11.1 Å². The van der Waals surface area contributed by atoms with Crippen molar-refractivity contribution in [3.05, 3.63) is 34.9 Å². The highest BCUT2D eigenvalue weighted by Gasteiger charge is 2.19. The molecule has 0 saturated heterocycles. The largest absolute Gasteiger partial charge is 0.481 e. The summed E-state index contributed by atoms with van der Waals surface area (Å²) in [4.78, 5) is 11.0. The smallest absolute Gasteiger partial charge is 0.303 e. The fourth-order valence-electron chi connectivity index (χ4n) is 2.32. The number of hydrogen-bond acceptors (Lipinski definition) is 1. The van der Waals surface area contributed by atoms with Crippen molar-refractivity contribution < 1.29 is 9.90 Å². The molecular weight excluding hydrogens is 212 g/mol. The van der Waals surface area contributed by atoms with Crippen LogP contribution >= 0.6 is 0 Å². The van der Waals surface area contributed by atoms with Gasteiger partial charge in [0.2, 0.25) is 0 Å². The van der Waals surface area contributed by atoms with Crippen LogP contribution in [0.25, 0.3) is 0 Å². The van der Waals surface area contributed by atoms with E-state index in [-0.39, 0.29) is 12.3 Å². The number of carboxylic acid groups (broad SMARTS) is 1. The van der Waals surface area contributed by atoms with Gasteiger partial charge in [-0.1, -0.05) is 32.0 Å². The predicted molar refractivity (Wildman–Crippen MR) is 70.4 cm³/mol. The van der Waals surface area contributed by atoms with Crippen LogP contribution in [0, 0.1) is 19.8 Å². The summed E-state index contributed by atoms with van der Waals surface area (Å²) in [6, 6.07) is 6.16. The van der Waals surface area contributed by atoms with Crippen molar-refractivity contribution in [1.29, 1.82) is 0 Å². The van der Waals surface area contributed by atoms with Gasteiger partial charge in [-0.05, 0) is 48.8 Å². The van der Waals surface area contributed by atoms with Crippen LogP contribution in [-0.2, 0) is 4.79 Å². The molecule has 0 amide bonds. The van der Waals surface area contributed by atoms with Crippen LogP contribution in [0.3, 0.4) is 0 Å². The maximum atomic E-state index is 11.0. The van der Waals surface area contributed by atoms with E-state index in [0.29, 0.717) is 5.92 Å². The Balaban J connectivity index is 3.03. The zero-order valence-corrected chi connectivity index (χ0v) is 11.2. The van der Waals surface area contributed by atoms with E-state index < -0.39 is 5.97 Å². The fraction of sp³-hybridized carbons (Fsp3) is 0.533. The maximum Gasteiger partial charge on any atom is 0.303 e. The van der Waals surface area contributed by atoms with Crippen molar-refractivity contribution in [2.75, 3.05) is 0 Å². The van der Waals surface area contributed by atoms with Gasteiger partial charge < -0.3 is 5.11 Å². The number of benzene rings is 1. The standard InChI is InChI=1S/C15H22O2/c1-10(2)8-13(9-15(16)17)14-7-5-6-11(3)12(14)4/h5-7,10,13H,8-9H2,1-4H3,(H,16,17). The van der Waals surface area contributed by atoms with Crippen LogP contribution in [0.15, 0.2) is 18.2 Å². The average molecular weight is 234 g/mol. The van der Waals surface area contributed by atoms with Gasteiger partial charge in [0.1, 0.15) is 0 Å². The van der Waals surface area contributed by atoms with Crippen molar-refractivity contribution in [3.8, 4) is 0 Å². The third kappa shape index (κ3) is 3.88. The van der Waals surface area contributed by atoms with E-state index in [0.717, 1.165) is 6.42 Å². The van der Waals surface area contributed by atoms with Gasteiger partial charge in [0.15, 0.2) is 0 Å². The molecule has 1 unspecified atom stereocenters. The number of rotatable bonds is 5. The minimum Gasteiger partial charge on any atom is -0.481 e. The Kier molecular flexibility index (Phi) is 4.73. The van der Waals surface area contributed by atoms with Crippen LogP contribution in [0.1, 0.15) is 49.3 Å². The third-order valence-electron chi connectivity index (χ3n) is 3.26. The Morgan fingerprint density at radius 3 is 2.47 bits per heavy atom. The van der Waals surface area contributed by atoms with Crippen molar-refractivity contribution in [2.45, 2.75) is 46.5 Å². The topological polar surface area (TPSA) is 37.3 Å². The van der Waals surface area contributed by atoms with Gasteiger partial charge in [0.05, 0.1) is 6.42 Å². The molecule has 1 aromatic carbocycles. The molecule has 2 nitrogen and oxygen atoms in total. The quantitative estimate of drug-likeness (QED) is 0.838. The van der Waals surface area contributed by atoms with Crippen molar-refractivity contribution in [2.24, 2.45) is 5.92 Å². The molecule has 0 aromatic heterocycles. The number of carbonyl (C=O) groups is 1. The Hall–Kier alpha value is -1.31. The van der Waals surface area contributed by atoms with E-state index in [9.17, 15) is 4.79 Å². The first-order valence-electron chi connectivity index (χ1n) is 6.19. The summed E-state index contributed by atoms with van der Waals surface area (Å²) in [5.41, 5.74) is 3.67. The minimum absolute atomic E-state index is 0.132. The van der Waals surface area contributed by atoms with Crippen LogP contribution < -0.4 is 0 Å². The Labute approximate surface area is 104 Å². The third-order valence-corrected chi connectivity index (χ3v) is 3.26. The van der Waals surface area contributed by atoms with E-state index in [1.165, 1.54) is 16.7 Å². The van der Waals surface area contributed by atoms with Crippen molar-refractivity contribution in [3.63, 3.8) is 0 Å². The number of carboxylic acids is 1. The molecule has 1 rings (SSSR count). The highest BCUT2D eigenvalue weighted by atomic mass is 16.4. The molecule has 0 fully saturated rings. The maximum absolute atomic E-state index is 11.0.